The predicted octanol–water partition coefficient (Wildman–Crippen LogP) is 2.93. The lowest BCUT2D eigenvalue weighted by molar-refractivity contribution is 0.0704. The molecule has 0 amide bonds. The Morgan fingerprint density at radius 3 is 2.56 bits per heavy atom. The highest BCUT2D eigenvalue weighted by molar-refractivity contribution is 9.10. The van der Waals surface area contributed by atoms with E-state index in [2.05, 4.69) is 46.0 Å². The molecule has 1 atom stereocenters. The lowest BCUT2D eigenvalue weighted by Crippen LogP contribution is -2.38. The molecule has 0 fully saturated rings. The fourth-order valence-electron chi connectivity index (χ4n) is 1.86. The molecule has 1 aromatic rings. The molecule has 102 valence electrons. The number of halogens is 1. The van der Waals surface area contributed by atoms with Crippen LogP contribution in [0.3, 0.4) is 0 Å². The van der Waals surface area contributed by atoms with Crippen molar-refractivity contribution in [1.82, 2.24) is 4.90 Å². The molecule has 0 radical (unpaired) electrons. The van der Waals surface area contributed by atoms with Gasteiger partial charge in [-0.3, -0.25) is 4.90 Å². The van der Waals surface area contributed by atoms with Crippen LogP contribution in [0.1, 0.15) is 12.5 Å². The maximum Gasteiger partial charge on any atom is 0.0615 e. The highest BCUT2D eigenvalue weighted by atomic mass is 79.9. The van der Waals surface area contributed by atoms with Gasteiger partial charge in [0.1, 0.15) is 0 Å². The summed E-state index contributed by atoms with van der Waals surface area (Å²) < 4.78 is 11.6. The van der Waals surface area contributed by atoms with Crippen molar-refractivity contribution in [2.45, 2.75) is 19.5 Å². The van der Waals surface area contributed by atoms with Crippen LogP contribution in [0, 0.1) is 0 Å². The second-order valence-corrected chi connectivity index (χ2v) is 5.21. The van der Waals surface area contributed by atoms with Gasteiger partial charge >= 0.3 is 0 Å². The molecule has 0 spiro atoms. The summed E-state index contributed by atoms with van der Waals surface area (Å²) in [4.78, 5) is 2.37. The smallest absolute Gasteiger partial charge is 0.0615 e. The van der Waals surface area contributed by atoms with E-state index in [4.69, 9.17) is 9.47 Å². The third-order valence-corrected chi connectivity index (χ3v) is 3.72. The van der Waals surface area contributed by atoms with Gasteiger partial charge in [-0.15, -0.1) is 0 Å². The Morgan fingerprint density at radius 2 is 1.94 bits per heavy atom. The van der Waals surface area contributed by atoms with Crippen LogP contribution in [0.5, 0.6) is 0 Å². The van der Waals surface area contributed by atoms with Crippen molar-refractivity contribution in [2.24, 2.45) is 0 Å². The Morgan fingerprint density at radius 1 is 1.22 bits per heavy atom. The van der Waals surface area contributed by atoms with E-state index in [0.29, 0.717) is 6.04 Å². The van der Waals surface area contributed by atoms with Gasteiger partial charge in [0.2, 0.25) is 0 Å². The van der Waals surface area contributed by atoms with Crippen molar-refractivity contribution < 1.29 is 9.47 Å². The van der Waals surface area contributed by atoms with Crippen LogP contribution in [0.15, 0.2) is 28.7 Å². The van der Waals surface area contributed by atoms with E-state index in [1.54, 1.807) is 14.2 Å². The summed E-state index contributed by atoms with van der Waals surface area (Å²) >= 11 is 3.59. The largest absolute Gasteiger partial charge is 0.383 e. The summed E-state index contributed by atoms with van der Waals surface area (Å²) in [6.07, 6.45) is 0. The first-order chi connectivity index (χ1) is 8.69. The van der Waals surface area contributed by atoms with E-state index in [9.17, 15) is 0 Å². The van der Waals surface area contributed by atoms with Gasteiger partial charge in [0.25, 0.3) is 0 Å². The highest BCUT2D eigenvalue weighted by Gasteiger charge is 2.14. The van der Waals surface area contributed by atoms with Crippen LogP contribution in [0.4, 0.5) is 0 Å². The van der Waals surface area contributed by atoms with Crippen LogP contribution >= 0.6 is 15.9 Å². The minimum absolute atomic E-state index is 0.372. The van der Waals surface area contributed by atoms with Gasteiger partial charge in [-0.2, -0.15) is 0 Å². The maximum absolute atomic E-state index is 5.24. The Hall–Kier alpha value is -0.420. The molecular formula is C14H22BrNO2. The number of ether oxygens (including phenoxy) is 2. The zero-order valence-corrected chi connectivity index (χ0v) is 12.9. The average molecular weight is 316 g/mol. The van der Waals surface area contributed by atoms with Gasteiger partial charge in [0.15, 0.2) is 0 Å². The second kappa shape index (κ2) is 8.64. The SMILES string of the molecule is COCCN(Cc1ccccc1Br)C(C)COC. The molecule has 18 heavy (non-hydrogen) atoms. The van der Waals surface area contributed by atoms with Crippen molar-refractivity contribution in [2.75, 3.05) is 34.0 Å². The van der Waals surface area contributed by atoms with Gasteiger partial charge in [-0.1, -0.05) is 34.1 Å². The van der Waals surface area contributed by atoms with Gasteiger partial charge in [0.05, 0.1) is 13.2 Å². The molecular weight excluding hydrogens is 294 g/mol. The van der Waals surface area contributed by atoms with Gasteiger partial charge in [-0.25, -0.2) is 0 Å². The summed E-state index contributed by atoms with van der Waals surface area (Å²) in [6, 6.07) is 8.69. The summed E-state index contributed by atoms with van der Waals surface area (Å²) in [6.45, 7) is 5.44. The van der Waals surface area contributed by atoms with Crippen LogP contribution < -0.4 is 0 Å². The molecule has 3 nitrogen and oxygen atoms in total. The van der Waals surface area contributed by atoms with E-state index < -0.39 is 0 Å². The molecule has 0 bridgehead atoms. The van der Waals surface area contributed by atoms with Crippen molar-refractivity contribution in [1.29, 1.82) is 0 Å². The first kappa shape index (κ1) is 15.6. The summed E-state index contributed by atoms with van der Waals surface area (Å²) in [7, 11) is 3.47. The van der Waals surface area contributed by atoms with Gasteiger partial charge in [0, 0.05) is 37.8 Å². The first-order valence-corrected chi connectivity index (χ1v) is 6.93. The summed E-state index contributed by atoms with van der Waals surface area (Å²) in [5.41, 5.74) is 1.29. The van der Waals surface area contributed by atoms with Crippen molar-refractivity contribution >= 4 is 15.9 Å². The van der Waals surface area contributed by atoms with Crippen molar-refractivity contribution in [3.63, 3.8) is 0 Å². The van der Waals surface area contributed by atoms with Crippen molar-refractivity contribution in [3.05, 3.63) is 34.3 Å². The third kappa shape index (κ3) is 5.06. The average Bonchev–Trinajstić information content (AvgIpc) is 2.36. The topological polar surface area (TPSA) is 21.7 Å². The van der Waals surface area contributed by atoms with E-state index in [1.165, 1.54) is 5.56 Å². The molecule has 0 aliphatic rings. The van der Waals surface area contributed by atoms with Gasteiger partial charge < -0.3 is 9.47 Å². The molecule has 0 N–H and O–H groups in total. The number of benzene rings is 1. The molecule has 0 aliphatic heterocycles. The Balaban J connectivity index is 2.68. The fraction of sp³-hybridized carbons (Fsp3) is 0.571. The molecule has 4 heteroatoms. The van der Waals surface area contributed by atoms with Crippen molar-refractivity contribution in [3.8, 4) is 0 Å². The zero-order valence-electron chi connectivity index (χ0n) is 11.4. The lowest BCUT2D eigenvalue weighted by Gasteiger charge is -2.28. The molecule has 1 unspecified atom stereocenters. The second-order valence-electron chi connectivity index (χ2n) is 4.36. The molecule has 0 saturated heterocycles. The minimum Gasteiger partial charge on any atom is -0.383 e. The number of methoxy groups -OCH3 is 2. The van der Waals surface area contributed by atoms with Crippen LogP contribution in [0.25, 0.3) is 0 Å². The highest BCUT2D eigenvalue weighted by Crippen LogP contribution is 2.18. The normalized spacial score (nSPS) is 12.9. The van der Waals surface area contributed by atoms with Crippen LogP contribution in [0.2, 0.25) is 0 Å². The monoisotopic (exact) mass is 315 g/mol. The number of hydrogen-bond donors (Lipinski definition) is 0. The molecule has 0 aromatic heterocycles. The molecule has 1 aromatic carbocycles. The molecule has 0 aliphatic carbocycles. The van der Waals surface area contributed by atoms with E-state index in [0.717, 1.165) is 30.8 Å². The standard InChI is InChI=1S/C14H22BrNO2/c1-12(11-18-3)16(8-9-17-2)10-13-6-4-5-7-14(13)15/h4-7,12H,8-11H2,1-3H3. The van der Waals surface area contributed by atoms with Crippen LogP contribution in [-0.2, 0) is 16.0 Å². The first-order valence-electron chi connectivity index (χ1n) is 6.14. The number of rotatable bonds is 8. The third-order valence-electron chi connectivity index (χ3n) is 2.95. The quantitative estimate of drug-likeness (QED) is 0.736. The molecule has 1 rings (SSSR count). The summed E-state index contributed by atoms with van der Waals surface area (Å²) in [5, 5.41) is 0. The van der Waals surface area contributed by atoms with Gasteiger partial charge in [-0.05, 0) is 18.6 Å². The maximum atomic E-state index is 5.24. The summed E-state index contributed by atoms with van der Waals surface area (Å²) in [5.74, 6) is 0. The Labute approximate surface area is 118 Å². The number of nitrogens with zero attached hydrogens (tertiary/aromatic N) is 1. The lowest BCUT2D eigenvalue weighted by atomic mass is 10.2. The van der Waals surface area contributed by atoms with E-state index in [1.807, 2.05) is 6.07 Å². The Bertz CT molecular complexity index is 346. The number of hydrogen-bond acceptors (Lipinski definition) is 3. The van der Waals surface area contributed by atoms with Crippen LogP contribution in [-0.4, -0.2) is 44.9 Å². The predicted molar refractivity (Wildman–Crippen MR) is 77.8 cm³/mol. The minimum atomic E-state index is 0.372. The zero-order chi connectivity index (χ0) is 13.4. The van der Waals surface area contributed by atoms with E-state index in [-0.39, 0.29) is 0 Å². The Kier molecular flexibility index (Phi) is 7.51. The fourth-order valence-corrected chi connectivity index (χ4v) is 2.27. The molecule has 0 saturated carbocycles. The molecule has 0 heterocycles. The van der Waals surface area contributed by atoms with E-state index >= 15 is 0 Å².